The average Bonchev–Trinajstić information content (AvgIpc) is 2.68. The maximum absolute atomic E-state index is 8.68. The van der Waals surface area contributed by atoms with Crippen LogP contribution in [0.3, 0.4) is 0 Å². The van der Waals surface area contributed by atoms with Crippen molar-refractivity contribution in [3.05, 3.63) is 47.5 Å². The van der Waals surface area contributed by atoms with Gasteiger partial charge < -0.3 is 0 Å². The molecule has 0 aromatic heterocycles. The van der Waals surface area contributed by atoms with Gasteiger partial charge in [-0.3, -0.25) is 0 Å². The number of nitriles is 1. The van der Waals surface area contributed by atoms with E-state index in [0.29, 0.717) is 5.92 Å². The molecule has 0 bridgehead atoms. The molecule has 0 radical (unpaired) electrons. The Morgan fingerprint density at radius 3 is 2.08 bits per heavy atom. The highest BCUT2D eigenvalue weighted by molar-refractivity contribution is 5.26. The highest BCUT2D eigenvalue weighted by Gasteiger charge is 2.30. The van der Waals surface area contributed by atoms with E-state index >= 15 is 0 Å². The van der Waals surface area contributed by atoms with E-state index in [4.69, 9.17) is 5.26 Å². The summed E-state index contributed by atoms with van der Waals surface area (Å²) >= 11 is 0. The molecule has 0 saturated heterocycles. The van der Waals surface area contributed by atoms with E-state index in [-0.39, 0.29) is 0 Å². The van der Waals surface area contributed by atoms with Gasteiger partial charge in [-0.05, 0) is 92.6 Å². The SMILES string of the molecule is CCCc1ccc([C@H]2CC[C@H]([C@H]3CC[C@H](C=CC#N)CC3)CC2)cc1. The second-order valence-electron chi connectivity index (χ2n) is 8.27. The Kier molecular flexibility index (Phi) is 6.74. The first-order valence-corrected chi connectivity index (χ1v) is 10.4. The third-order valence-electron chi connectivity index (χ3n) is 6.69. The molecule has 0 spiro atoms. The van der Waals surface area contributed by atoms with Crippen molar-refractivity contribution in [1.82, 2.24) is 0 Å². The summed E-state index contributed by atoms with van der Waals surface area (Å²) in [4.78, 5) is 0. The van der Waals surface area contributed by atoms with Crippen LogP contribution in [0, 0.1) is 29.1 Å². The molecular weight excluding hydrogens is 302 g/mol. The standard InChI is InChI=1S/C24H33N/c1-2-4-19-6-10-21(11-7-19)23-14-16-24(17-15-23)22-12-8-20(9-13-22)5-3-18-25/h3,5-7,10-11,20,22-24H,2,4,8-9,12-17H2,1H3/t20-,22-,23-,24-. The van der Waals surface area contributed by atoms with E-state index in [1.54, 1.807) is 11.6 Å². The minimum Gasteiger partial charge on any atom is -0.193 e. The van der Waals surface area contributed by atoms with Gasteiger partial charge in [-0.1, -0.05) is 43.7 Å². The molecule has 2 aliphatic rings. The quantitative estimate of drug-likeness (QED) is 0.543. The molecule has 1 aromatic carbocycles. The van der Waals surface area contributed by atoms with Crippen molar-refractivity contribution in [2.45, 2.75) is 77.0 Å². The zero-order chi connectivity index (χ0) is 17.5. The minimum atomic E-state index is 0.661. The molecular formula is C24H33N. The minimum absolute atomic E-state index is 0.661. The van der Waals surface area contributed by atoms with Gasteiger partial charge in [-0.25, -0.2) is 0 Å². The van der Waals surface area contributed by atoms with Crippen molar-refractivity contribution in [3.8, 4) is 6.07 Å². The van der Waals surface area contributed by atoms with E-state index in [9.17, 15) is 0 Å². The second kappa shape index (κ2) is 9.23. The van der Waals surface area contributed by atoms with Crippen molar-refractivity contribution in [2.75, 3.05) is 0 Å². The van der Waals surface area contributed by atoms with Crippen LogP contribution in [0.2, 0.25) is 0 Å². The fourth-order valence-electron chi connectivity index (χ4n) is 5.16. The summed E-state index contributed by atoms with van der Waals surface area (Å²) in [6, 6.07) is 11.6. The second-order valence-corrected chi connectivity index (χ2v) is 8.27. The number of hydrogen-bond acceptors (Lipinski definition) is 1. The van der Waals surface area contributed by atoms with Crippen molar-refractivity contribution in [3.63, 3.8) is 0 Å². The summed E-state index contributed by atoms with van der Waals surface area (Å²) in [5.41, 5.74) is 3.06. The van der Waals surface area contributed by atoms with Crippen molar-refractivity contribution in [2.24, 2.45) is 17.8 Å². The van der Waals surface area contributed by atoms with Crippen LogP contribution < -0.4 is 0 Å². The molecule has 0 aliphatic heterocycles. The van der Waals surface area contributed by atoms with Crippen LogP contribution >= 0.6 is 0 Å². The maximum Gasteiger partial charge on any atom is 0.0908 e. The van der Waals surface area contributed by atoms with Crippen molar-refractivity contribution in [1.29, 1.82) is 5.26 Å². The Balaban J connectivity index is 1.46. The zero-order valence-corrected chi connectivity index (χ0v) is 15.8. The Hall–Kier alpha value is -1.55. The first-order valence-electron chi connectivity index (χ1n) is 10.4. The van der Waals surface area contributed by atoms with Gasteiger partial charge in [0.15, 0.2) is 0 Å². The molecule has 1 heteroatoms. The van der Waals surface area contributed by atoms with E-state index in [1.807, 2.05) is 0 Å². The molecule has 0 amide bonds. The molecule has 134 valence electrons. The lowest BCUT2D eigenvalue weighted by Crippen LogP contribution is -2.25. The van der Waals surface area contributed by atoms with Gasteiger partial charge in [0.05, 0.1) is 6.07 Å². The van der Waals surface area contributed by atoms with Gasteiger partial charge >= 0.3 is 0 Å². The smallest absolute Gasteiger partial charge is 0.0908 e. The van der Waals surface area contributed by atoms with E-state index < -0.39 is 0 Å². The summed E-state index contributed by atoms with van der Waals surface area (Å²) in [5, 5.41) is 8.68. The number of rotatable bonds is 5. The van der Waals surface area contributed by atoms with E-state index in [2.05, 4.69) is 43.3 Å². The number of nitrogens with zero attached hydrogens (tertiary/aromatic N) is 1. The largest absolute Gasteiger partial charge is 0.193 e. The summed E-state index contributed by atoms with van der Waals surface area (Å²) in [6.45, 7) is 2.25. The molecule has 0 N–H and O–H groups in total. The van der Waals surface area contributed by atoms with E-state index in [1.165, 1.54) is 69.8 Å². The van der Waals surface area contributed by atoms with Gasteiger partial charge in [0.1, 0.15) is 0 Å². The molecule has 2 aliphatic carbocycles. The fraction of sp³-hybridized carbons (Fsp3) is 0.625. The van der Waals surface area contributed by atoms with Gasteiger partial charge in [-0.15, -0.1) is 0 Å². The van der Waals surface area contributed by atoms with Crippen molar-refractivity contribution < 1.29 is 0 Å². The summed E-state index contributed by atoms with van der Waals surface area (Å²) in [7, 11) is 0. The molecule has 0 unspecified atom stereocenters. The molecule has 0 atom stereocenters. The lowest BCUT2D eigenvalue weighted by atomic mass is 9.68. The zero-order valence-electron chi connectivity index (χ0n) is 15.8. The highest BCUT2D eigenvalue weighted by Crippen LogP contribution is 2.44. The number of hydrogen-bond donors (Lipinski definition) is 0. The first kappa shape index (κ1) is 18.2. The van der Waals surface area contributed by atoms with Crippen LogP contribution in [0.5, 0.6) is 0 Å². The topological polar surface area (TPSA) is 23.8 Å². The first-order chi connectivity index (χ1) is 12.3. The third-order valence-corrected chi connectivity index (χ3v) is 6.69. The van der Waals surface area contributed by atoms with Crippen LogP contribution in [0.4, 0.5) is 0 Å². The molecule has 1 aromatic rings. The van der Waals surface area contributed by atoms with Crippen LogP contribution in [-0.4, -0.2) is 0 Å². The van der Waals surface area contributed by atoms with Crippen LogP contribution in [-0.2, 0) is 6.42 Å². The van der Waals surface area contributed by atoms with E-state index in [0.717, 1.165) is 17.8 Å². The lowest BCUT2D eigenvalue weighted by molar-refractivity contribution is 0.171. The molecule has 0 heterocycles. The van der Waals surface area contributed by atoms with Gasteiger partial charge in [0, 0.05) is 6.08 Å². The summed E-state index contributed by atoms with van der Waals surface area (Å²) in [5.74, 6) is 3.35. The van der Waals surface area contributed by atoms with Gasteiger partial charge in [0.2, 0.25) is 0 Å². The summed E-state index contributed by atoms with van der Waals surface area (Å²) < 4.78 is 0. The van der Waals surface area contributed by atoms with Crippen LogP contribution in [0.15, 0.2) is 36.4 Å². The number of aryl methyl sites for hydroxylation is 1. The molecule has 2 saturated carbocycles. The normalized spacial score (nSPS) is 30.2. The molecule has 1 nitrogen and oxygen atoms in total. The van der Waals surface area contributed by atoms with Crippen molar-refractivity contribution >= 4 is 0 Å². The monoisotopic (exact) mass is 335 g/mol. The third kappa shape index (κ3) is 4.97. The number of allylic oxidation sites excluding steroid dienone is 2. The Morgan fingerprint density at radius 1 is 0.920 bits per heavy atom. The van der Waals surface area contributed by atoms with Gasteiger partial charge in [0.25, 0.3) is 0 Å². The fourth-order valence-corrected chi connectivity index (χ4v) is 5.16. The summed E-state index contributed by atoms with van der Waals surface area (Å²) in [6.07, 6.45) is 17.2. The Bertz CT molecular complexity index is 576. The van der Waals surface area contributed by atoms with Gasteiger partial charge in [-0.2, -0.15) is 5.26 Å². The average molecular weight is 336 g/mol. The molecule has 3 rings (SSSR count). The predicted octanol–water partition coefficient (Wildman–Crippen LogP) is 6.80. The maximum atomic E-state index is 8.68. The molecule has 2 fully saturated rings. The van der Waals surface area contributed by atoms with Crippen LogP contribution in [0.1, 0.15) is 81.8 Å². The Labute approximate surface area is 154 Å². The number of benzene rings is 1. The lowest BCUT2D eigenvalue weighted by Gasteiger charge is -2.37. The highest BCUT2D eigenvalue weighted by atomic mass is 14.4. The predicted molar refractivity (Wildman–Crippen MR) is 105 cm³/mol. The van der Waals surface area contributed by atoms with Crippen LogP contribution in [0.25, 0.3) is 0 Å². The molecule has 25 heavy (non-hydrogen) atoms. The Morgan fingerprint density at radius 2 is 1.52 bits per heavy atom.